The molecular formula is C9H17N3O. The van der Waals surface area contributed by atoms with Crippen molar-refractivity contribution in [1.82, 2.24) is 16.0 Å². The molecule has 0 aromatic rings. The average Bonchev–Trinajstić information content (AvgIpc) is 2.49. The molecule has 0 spiro atoms. The molecule has 2 rings (SSSR count). The second-order valence-corrected chi connectivity index (χ2v) is 3.94. The summed E-state index contributed by atoms with van der Waals surface area (Å²) in [5.74, 6) is 0. The van der Waals surface area contributed by atoms with E-state index in [2.05, 4.69) is 16.0 Å². The van der Waals surface area contributed by atoms with Crippen molar-refractivity contribution in [3.63, 3.8) is 0 Å². The molecule has 74 valence electrons. The highest BCUT2D eigenvalue weighted by atomic mass is 16.2. The summed E-state index contributed by atoms with van der Waals surface area (Å²) in [5.41, 5.74) is 0. The van der Waals surface area contributed by atoms with Gasteiger partial charge in [-0.05, 0) is 32.2 Å². The standard InChI is InChI=1S/C9H17N3O/c13-9(11-7-2-1-3-7)12-8-4-5-10-6-8/h7-8,10H,1-6H2,(H2,11,12,13). The van der Waals surface area contributed by atoms with Gasteiger partial charge in [0.15, 0.2) is 0 Å². The first-order chi connectivity index (χ1) is 6.34. The number of urea groups is 1. The van der Waals surface area contributed by atoms with Gasteiger partial charge in [0.2, 0.25) is 0 Å². The van der Waals surface area contributed by atoms with E-state index in [9.17, 15) is 4.79 Å². The second-order valence-electron chi connectivity index (χ2n) is 3.94. The molecule has 4 nitrogen and oxygen atoms in total. The predicted molar refractivity (Wildman–Crippen MR) is 50.6 cm³/mol. The summed E-state index contributed by atoms with van der Waals surface area (Å²) in [7, 11) is 0. The van der Waals surface area contributed by atoms with Crippen LogP contribution in [0.3, 0.4) is 0 Å². The Morgan fingerprint density at radius 3 is 2.46 bits per heavy atom. The van der Waals surface area contributed by atoms with Crippen molar-refractivity contribution in [2.45, 2.75) is 37.8 Å². The lowest BCUT2D eigenvalue weighted by molar-refractivity contribution is 0.225. The van der Waals surface area contributed by atoms with Gasteiger partial charge in [-0.2, -0.15) is 0 Å². The molecule has 4 heteroatoms. The third-order valence-corrected chi connectivity index (χ3v) is 2.84. The molecule has 1 atom stereocenters. The topological polar surface area (TPSA) is 53.2 Å². The van der Waals surface area contributed by atoms with E-state index in [4.69, 9.17) is 0 Å². The van der Waals surface area contributed by atoms with E-state index in [1.54, 1.807) is 0 Å². The van der Waals surface area contributed by atoms with Crippen LogP contribution in [0, 0.1) is 0 Å². The Kier molecular flexibility index (Phi) is 2.68. The fraction of sp³-hybridized carbons (Fsp3) is 0.889. The van der Waals surface area contributed by atoms with Gasteiger partial charge in [0, 0.05) is 18.6 Å². The van der Waals surface area contributed by atoms with Crippen LogP contribution < -0.4 is 16.0 Å². The average molecular weight is 183 g/mol. The Balaban J connectivity index is 1.64. The number of hydrogen-bond donors (Lipinski definition) is 3. The molecule has 2 aliphatic rings. The summed E-state index contributed by atoms with van der Waals surface area (Å²) in [6.45, 7) is 1.94. The molecule has 1 heterocycles. The van der Waals surface area contributed by atoms with Crippen molar-refractivity contribution >= 4 is 6.03 Å². The molecule has 1 saturated heterocycles. The van der Waals surface area contributed by atoms with Crippen molar-refractivity contribution in [3.8, 4) is 0 Å². The normalized spacial score (nSPS) is 28.2. The summed E-state index contributed by atoms with van der Waals surface area (Å²) < 4.78 is 0. The zero-order chi connectivity index (χ0) is 9.10. The smallest absolute Gasteiger partial charge is 0.315 e. The molecule has 2 fully saturated rings. The zero-order valence-corrected chi connectivity index (χ0v) is 7.81. The van der Waals surface area contributed by atoms with Crippen LogP contribution >= 0.6 is 0 Å². The number of amides is 2. The maximum atomic E-state index is 11.4. The first-order valence-electron chi connectivity index (χ1n) is 5.12. The number of carbonyl (C=O) groups excluding carboxylic acids is 1. The quantitative estimate of drug-likeness (QED) is 0.573. The highest BCUT2D eigenvalue weighted by Gasteiger charge is 2.21. The van der Waals surface area contributed by atoms with Crippen LogP contribution in [0.25, 0.3) is 0 Å². The van der Waals surface area contributed by atoms with E-state index in [1.165, 1.54) is 6.42 Å². The summed E-state index contributed by atoms with van der Waals surface area (Å²) in [6.07, 6.45) is 4.61. The van der Waals surface area contributed by atoms with E-state index in [1.807, 2.05) is 0 Å². The monoisotopic (exact) mass is 183 g/mol. The maximum absolute atomic E-state index is 11.4. The molecular weight excluding hydrogens is 166 g/mol. The van der Waals surface area contributed by atoms with Crippen molar-refractivity contribution in [2.75, 3.05) is 13.1 Å². The highest BCUT2D eigenvalue weighted by Crippen LogP contribution is 2.17. The van der Waals surface area contributed by atoms with Gasteiger partial charge in [-0.15, -0.1) is 0 Å². The van der Waals surface area contributed by atoms with Crippen LogP contribution in [0.5, 0.6) is 0 Å². The maximum Gasteiger partial charge on any atom is 0.315 e. The van der Waals surface area contributed by atoms with Crippen molar-refractivity contribution in [2.24, 2.45) is 0 Å². The van der Waals surface area contributed by atoms with Crippen LogP contribution in [-0.2, 0) is 0 Å². The minimum atomic E-state index is 0.0124. The molecule has 1 unspecified atom stereocenters. The Morgan fingerprint density at radius 2 is 1.92 bits per heavy atom. The highest BCUT2D eigenvalue weighted by molar-refractivity contribution is 5.74. The minimum absolute atomic E-state index is 0.0124. The number of nitrogens with one attached hydrogen (secondary N) is 3. The van der Waals surface area contributed by atoms with Gasteiger partial charge in [-0.25, -0.2) is 4.79 Å². The summed E-state index contributed by atoms with van der Waals surface area (Å²) in [5, 5.41) is 9.15. The SMILES string of the molecule is O=C(NC1CCC1)NC1CCNC1. The van der Waals surface area contributed by atoms with Crippen LogP contribution in [0.15, 0.2) is 0 Å². The molecule has 1 aliphatic carbocycles. The Hall–Kier alpha value is -0.770. The lowest BCUT2D eigenvalue weighted by Gasteiger charge is -2.27. The predicted octanol–water partition coefficient (Wildman–Crippen LogP) is 0.200. The summed E-state index contributed by atoms with van der Waals surface area (Å²) in [6, 6.07) is 0.785. The fourth-order valence-corrected chi connectivity index (χ4v) is 1.74. The molecule has 1 aliphatic heterocycles. The largest absolute Gasteiger partial charge is 0.335 e. The Bertz CT molecular complexity index is 185. The lowest BCUT2D eigenvalue weighted by atomic mass is 9.93. The minimum Gasteiger partial charge on any atom is -0.335 e. The van der Waals surface area contributed by atoms with Crippen molar-refractivity contribution in [1.29, 1.82) is 0 Å². The molecule has 0 aromatic heterocycles. The van der Waals surface area contributed by atoms with E-state index >= 15 is 0 Å². The molecule has 1 saturated carbocycles. The van der Waals surface area contributed by atoms with Gasteiger partial charge < -0.3 is 16.0 Å². The van der Waals surface area contributed by atoms with Crippen LogP contribution in [0.2, 0.25) is 0 Å². The molecule has 0 aromatic carbocycles. The molecule has 3 N–H and O–H groups in total. The third kappa shape index (κ3) is 2.34. The molecule has 13 heavy (non-hydrogen) atoms. The van der Waals surface area contributed by atoms with Gasteiger partial charge in [0.1, 0.15) is 0 Å². The number of hydrogen-bond acceptors (Lipinski definition) is 2. The zero-order valence-electron chi connectivity index (χ0n) is 7.81. The van der Waals surface area contributed by atoms with Gasteiger partial charge in [-0.3, -0.25) is 0 Å². The Morgan fingerprint density at radius 1 is 1.15 bits per heavy atom. The summed E-state index contributed by atoms with van der Waals surface area (Å²) >= 11 is 0. The van der Waals surface area contributed by atoms with Crippen molar-refractivity contribution < 1.29 is 4.79 Å². The van der Waals surface area contributed by atoms with E-state index in [0.29, 0.717) is 12.1 Å². The van der Waals surface area contributed by atoms with Crippen LogP contribution in [0.4, 0.5) is 4.79 Å². The Labute approximate surface area is 78.5 Å². The molecule has 0 bridgehead atoms. The van der Waals surface area contributed by atoms with Gasteiger partial charge >= 0.3 is 6.03 Å². The molecule has 0 radical (unpaired) electrons. The van der Waals surface area contributed by atoms with Crippen molar-refractivity contribution in [3.05, 3.63) is 0 Å². The van der Waals surface area contributed by atoms with Crippen LogP contribution in [-0.4, -0.2) is 31.2 Å². The first kappa shape index (κ1) is 8.81. The van der Waals surface area contributed by atoms with E-state index in [-0.39, 0.29) is 6.03 Å². The van der Waals surface area contributed by atoms with Gasteiger partial charge in [0.05, 0.1) is 0 Å². The number of rotatable bonds is 2. The second kappa shape index (κ2) is 3.96. The van der Waals surface area contributed by atoms with E-state index in [0.717, 1.165) is 32.4 Å². The molecule has 2 amide bonds. The summed E-state index contributed by atoms with van der Waals surface area (Å²) in [4.78, 5) is 11.4. The number of carbonyl (C=O) groups is 1. The van der Waals surface area contributed by atoms with Gasteiger partial charge in [-0.1, -0.05) is 0 Å². The van der Waals surface area contributed by atoms with Gasteiger partial charge in [0.25, 0.3) is 0 Å². The first-order valence-corrected chi connectivity index (χ1v) is 5.12. The van der Waals surface area contributed by atoms with E-state index < -0.39 is 0 Å². The third-order valence-electron chi connectivity index (χ3n) is 2.84. The fourth-order valence-electron chi connectivity index (χ4n) is 1.74. The lowest BCUT2D eigenvalue weighted by Crippen LogP contribution is -2.48. The van der Waals surface area contributed by atoms with Crippen LogP contribution in [0.1, 0.15) is 25.7 Å².